The molecule has 1 aliphatic heterocycles. The summed E-state index contributed by atoms with van der Waals surface area (Å²) in [6.45, 7) is -0.293. The van der Waals surface area contributed by atoms with Crippen LogP contribution in [0.2, 0.25) is 5.02 Å². The van der Waals surface area contributed by atoms with E-state index in [-0.39, 0.29) is 23.4 Å². The molecule has 2 amide bonds. The number of rotatable bonds is 6. The lowest BCUT2D eigenvalue weighted by molar-refractivity contribution is -0.118. The Labute approximate surface area is 202 Å². The van der Waals surface area contributed by atoms with Crippen LogP contribution in [0.5, 0.6) is 5.75 Å². The lowest BCUT2D eigenvalue weighted by Crippen LogP contribution is -2.20. The smallest absolute Gasteiger partial charge is 0.264 e. The number of carbonyl (C=O) groups is 2. The van der Waals surface area contributed by atoms with Crippen LogP contribution < -0.4 is 15.4 Å². The lowest BCUT2D eigenvalue weighted by Gasteiger charge is -2.09. The number of hydrogen-bond donors (Lipinski definition) is 2. The normalized spacial score (nSPS) is 15.4. The van der Waals surface area contributed by atoms with Crippen LogP contribution in [-0.2, 0) is 9.59 Å². The van der Waals surface area contributed by atoms with Gasteiger partial charge in [0.2, 0.25) is 0 Å². The van der Waals surface area contributed by atoms with Crippen molar-refractivity contribution < 1.29 is 23.1 Å². The number of nitrogens with zero attached hydrogens (tertiary/aromatic N) is 1. The molecule has 2 N–H and O–H groups in total. The molecule has 34 heavy (non-hydrogen) atoms. The van der Waals surface area contributed by atoms with Gasteiger partial charge in [-0.15, -0.1) is 0 Å². The fraction of sp³-hybridized carbons (Fsp3) is 0.0417. The van der Waals surface area contributed by atoms with Crippen molar-refractivity contribution >= 4 is 57.8 Å². The molecule has 0 unspecified atom stereocenters. The Morgan fingerprint density at radius 1 is 1.06 bits per heavy atom. The molecule has 0 atom stereocenters. The van der Waals surface area contributed by atoms with E-state index in [0.29, 0.717) is 32.8 Å². The number of hydrogen-bond acceptors (Lipinski definition) is 5. The maximum Gasteiger partial charge on any atom is 0.264 e. The topological polar surface area (TPSA) is 79.8 Å². The summed E-state index contributed by atoms with van der Waals surface area (Å²) in [6.07, 6.45) is 1.64. The van der Waals surface area contributed by atoms with Crippen molar-refractivity contribution in [3.05, 3.63) is 93.9 Å². The fourth-order valence-corrected chi connectivity index (χ4v) is 3.95. The van der Waals surface area contributed by atoms with Crippen molar-refractivity contribution in [2.45, 2.75) is 0 Å². The molecule has 0 saturated carbocycles. The molecule has 0 spiro atoms. The van der Waals surface area contributed by atoms with E-state index in [0.717, 1.165) is 11.8 Å². The van der Waals surface area contributed by atoms with Gasteiger partial charge in [-0.2, -0.15) is 0 Å². The standard InChI is InChI=1S/C24H16ClF2N3O3S/c25-19-11-14(1-10-20(19)33-13-22(31)28-17-6-2-15(26)3-7-17)12-21-23(32)30-24(34-21)29-18-8-4-16(27)5-9-18/h1-12H,13H2,(H,28,31)(H,29,30,32)/b21-12+. The molecule has 0 bridgehead atoms. The highest BCUT2D eigenvalue weighted by molar-refractivity contribution is 8.18. The van der Waals surface area contributed by atoms with Gasteiger partial charge in [-0.25, -0.2) is 13.8 Å². The van der Waals surface area contributed by atoms with Gasteiger partial charge < -0.3 is 15.4 Å². The summed E-state index contributed by atoms with van der Waals surface area (Å²) < 4.78 is 31.4. The summed E-state index contributed by atoms with van der Waals surface area (Å²) in [7, 11) is 0. The summed E-state index contributed by atoms with van der Waals surface area (Å²) >= 11 is 7.42. The summed E-state index contributed by atoms with van der Waals surface area (Å²) in [5.41, 5.74) is 1.60. The van der Waals surface area contributed by atoms with Gasteiger partial charge >= 0.3 is 0 Å². The Morgan fingerprint density at radius 2 is 1.74 bits per heavy atom. The molecule has 1 heterocycles. The summed E-state index contributed by atoms with van der Waals surface area (Å²) in [6, 6.07) is 15.8. The molecule has 6 nitrogen and oxygen atoms in total. The van der Waals surface area contributed by atoms with Crippen LogP contribution in [0.1, 0.15) is 5.56 Å². The number of ether oxygens (including phenoxy) is 1. The highest BCUT2D eigenvalue weighted by Gasteiger charge is 2.24. The minimum absolute atomic E-state index is 0.257. The van der Waals surface area contributed by atoms with Gasteiger partial charge in [0, 0.05) is 5.69 Å². The van der Waals surface area contributed by atoms with Crippen molar-refractivity contribution in [2.24, 2.45) is 4.99 Å². The van der Waals surface area contributed by atoms with E-state index in [1.54, 1.807) is 24.3 Å². The number of amides is 2. The lowest BCUT2D eigenvalue weighted by atomic mass is 10.2. The van der Waals surface area contributed by atoms with E-state index in [4.69, 9.17) is 16.3 Å². The average Bonchev–Trinajstić information content (AvgIpc) is 3.14. The van der Waals surface area contributed by atoms with Gasteiger partial charge in [-0.05, 0) is 84.1 Å². The number of carbonyl (C=O) groups excluding carboxylic acids is 2. The van der Waals surface area contributed by atoms with Crippen molar-refractivity contribution in [1.82, 2.24) is 5.32 Å². The van der Waals surface area contributed by atoms with Gasteiger partial charge in [0.05, 0.1) is 15.6 Å². The number of halogens is 3. The first kappa shape index (κ1) is 23.5. The van der Waals surface area contributed by atoms with E-state index in [1.807, 2.05) is 0 Å². The van der Waals surface area contributed by atoms with Crippen molar-refractivity contribution in [3.63, 3.8) is 0 Å². The van der Waals surface area contributed by atoms with Gasteiger partial charge in [-0.1, -0.05) is 17.7 Å². The molecule has 172 valence electrons. The highest BCUT2D eigenvalue weighted by atomic mass is 35.5. The Morgan fingerprint density at radius 3 is 2.41 bits per heavy atom. The molecule has 3 aromatic carbocycles. The molecule has 4 rings (SSSR count). The highest BCUT2D eigenvalue weighted by Crippen LogP contribution is 2.31. The zero-order chi connectivity index (χ0) is 24.1. The number of benzene rings is 3. The third kappa shape index (κ3) is 6.21. The van der Waals surface area contributed by atoms with Crippen molar-refractivity contribution in [1.29, 1.82) is 0 Å². The molecule has 1 fully saturated rings. The first-order valence-electron chi connectivity index (χ1n) is 9.89. The van der Waals surface area contributed by atoms with E-state index >= 15 is 0 Å². The Kier molecular flexibility index (Phi) is 7.24. The Bertz CT molecular complexity index is 1300. The minimum atomic E-state index is -0.430. The minimum Gasteiger partial charge on any atom is -0.482 e. The zero-order valence-electron chi connectivity index (χ0n) is 17.3. The second-order valence-electron chi connectivity index (χ2n) is 6.99. The number of aliphatic imine (C=N–C) groups is 1. The molecule has 10 heteroatoms. The number of amidine groups is 1. The van der Waals surface area contributed by atoms with Gasteiger partial charge in [0.15, 0.2) is 11.8 Å². The third-order valence-corrected chi connectivity index (χ3v) is 5.65. The van der Waals surface area contributed by atoms with Gasteiger partial charge in [0.1, 0.15) is 17.4 Å². The first-order chi connectivity index (χ1) is 16.4. The van der Waals surface area contributed by atoms with Crippen LogP contribution in [0.4, 0.5) is 20.2 Å². The monoisotopic (exact) mass is 499 g/mol. The average molecular weight is 500 g/mol. The number of nitrogens with one attached hydrogen (secondary N) is 2. The molecule has 0 radical (unpaired) electrons. The summed E-state index contributed by atoms with van der Waals surface area (Å²) in [4.78, 5) is 29.0. The number of thioether (sulfide) groups is 1. The van der Waals surface area contributed by atoms with E-state index < -0.39 is 11.7 Å². The first-order valence-corrected chi connectivity index (χ1v) is 11.1. The third-order valence-electron chi connectivity index (χ3n) is 4.45. The van der Waals surface area contributed by atoms with Gasteiger partial charge in [0.25, 0.3) is 11.8 Å². The van der Waals surface area contributed by atoms with Crippen LogP contribution in [0.3, 0.4) is 0 Å². The predicted octanol–water partition coefficient (Wildman–Crippen LogP) is 5.53. The molecule has 0 aliphatic carbocycles. The summed E-state index contributed by atoms with van der Waals surface area (Å²) in [5.74, 6) is -1.23. The van der Waals surface area contributed by atoms with Crippen molar-refractivity contribution in [2.75, 3.05) is 11.9 Å². The second-order valence-corrected chi connectivity index (χ2v) is 8.43. The van der Waals surface area contributed by atoms with Crippen LogP contribution in [0.15, 0.2) is 76.6 Å². The molecular formula is C24H16ClF2N3O3S. The van der Waals surface area contributed by atoms with Gasteiger partial charge in [-0.3, -0.25) is 9.59 Å². The maximum absolute atomic E-state index is 13.0. The van der Waals surface area contributed by atoms with Crippen LogP contribution in [0, 0.1) is 11.6 Å². The van der Waals surface area contributed by atoms with E-state index in [1.165, 1.54) is 48.5 Å². The van der Waals surface area contributed by atoms with Crippen molar-refractivity contribution in [3.8, 4) is 5.75 Å². The van der Waals surface area contributed by atoms with E-state index in [9.17, 15) is 18.4 Å². The fourth-order valence-electron chi connectivity index (χ4n) is 2.86. The second kappa shape index (κ2) is 10.5. The molecule has 1 saturated heterocycles. The molecule has 1 aliphatic rings. The zero-order valence-corrected chi connectivity index (χ0v) is 18.9. The van der Waals surface area contributed by atoms with Crippen LogP contribution in [-0.4, -0.2) is 23.6 Å². The number of anilines is 1. The summed E-state index contributed by atoms with van der Waals surface area (Å²) in [5, 5.41) is 5.88. The largest absolute Gasteiger partial charge is 0.482 e. The quantitative estimate of drug-likeness (QED) is 0.437. The van der Waals surface area contributed by atoms with E-state index in [2.05, 4.69) is 15.6 Å². The van der Waals surface area contributed by atoms with Crippen LogP contribution in [0.25, 0.3) is 6.08 Å². The maximum atomic E-state index is 13.0. The Hall–Kier alpha value is -3.69. The molecule has 3 aromatic rings. The predicted molar refractivity (Wildman–Crippen MR) is 129 cm³/mol. The van der Waals surface area contributed by atoms with Crippen LogP contribution >= 0.6 is 23.4 Å². The SMILES string of the molecule is O=C(COc1ccc(/C=C2/SC(=Nc3ccc(F)cc3)NC2=O)cc1Cl)Nc1ccc(F)cc1. The molecule has 0 aromatic heterocycles. The Balaban J connectivity index is 1.37. The molecular weight excluding hydrogens is 484 g/mol.